The fraction of sp³-hybridized carbons (Fsp3) is 0.217. The number of halogens is 1. The molecule has 4 rings (SSSR count). The summed E-state index contributed by atoms with van der Waals surface area (Å²) in [5, 5.41) is 4.54. The molecule has 2 aromatic carbocycles. The molecule has 2 amide bonds. The van der Waals surface area contributed by atoms with Crippen molar-refractivity contribution < 1.29 is 18.8 Å². The Hall–Kier alpha value is -3.81. The standard InChI is InChI=1S/C23H23FN4O3/c1-13-7-8-17(24)22-21(13)16(14(2)27-22)9-10-26-23(30)19-11-15-5-3-4-6-18(15)28(19)31-12-20(25)29/h3-8,11,27H,9-10,12H2,1-2H3,(H2,25,29)(H,26,30). The Bertz CT molecular complexity index is 1310. The van der Waals surface area contributed by atoms with E-state index >= 15 is 0 Å². The number of rotatable bonds is 7. The lowest BCUT2D eigenvalue weighted by atomic mass is 10.0. The number of nitrogens with one attached hydrogen (secondary N) is 2. The Morgan fingerprint density at radius 1 is 1.19 bits per heavy atom. The molecule has 0 radical (unpaired) electrons. The van der Waals surface area contributed by atoms with E-state index in [2.05, 4.69) is 10.3 Å². The summed E-state index contributed by atoms with van der Waals surface area (Å²) in [6.07, 6.45) is 0.532. The molecule has 8 heteroatoms. The van der Waals surface area contributed by atoms with Crippen LogP contribution in [0.5, 0.6) is 0 Å². The van der Waals surface area contributed by atoms with E-state index < -0.39 is 5.91 Å². The summed E-state index contributed by atoms with van der Waals surface area (Å²) in [5.74, 6) is -1.28. The largest absolute Gasteiger partial charge is 0.403 e. The van der Waals surface area contributed by atoms with Gasteiger partial charge in [-0.3, -0.25) is 9.59 Å². The number of hydrogen-bond acceptors (Lipinski definition) is 3. The van der Waals surface area contributed by atoms with Gasteiger partial charge in [-0.2, -0.15) is 4.73 Å². The van der Waals surface area contributed by atoms with Crippen molar-refractivity contribution in [3.8, 4) is 0 Å². The first-order valence-corrected chi connectivity index (χ1v) is 9.93. The fourth-order valence-corrected chi connectivity index (χ4v) is 3.90. The van der Waals surface area contributed by atoms with Crippen molar-refractivity contribution in [3.63, 3.8) is 0 Å². The number of nitrogens with zero attached hydrogens (tertiary/aromatic N) is 1. The molecular weight excluding hydrogens is 399 g/mol. The number of aromatic nitrogens is 2. The monoisotopic (exact) mass is 422 g/mol. The minimum absolute atomic E-state index is 0.264. The zero-order valence-electron chi connectivity index (χ0n) is 17.3. The number of H-pyrrole nitrogens is 1. The minimum atomic E-state index is -0.637. The summed E-state index contributed by atoms with van der Waals surface area (Å²) in [6.45, 7) is 3.83. The second kappa shape index (κ2) is 8.14. The maximum absolute atomic E-state index is 14.2. The third-order valence-electron chi connectivity index (χ3n) is 5.33. The molecule has 0 unspecified atom stereocenters. The van der Waals surface area contributed by atoms with E-state index in [1.807, 2.05) is 32.0 Å². The van der Waals surface area contributed by atoms with Gasteiger partial charge in [-0.05, 0) is 49.6 Å². The van der Waals surface area contributed by atoms with E-state index in [1.165, 1.54) is 10.8 Å². The average Bonchev–Trinajstić information content (AvgIpc) is 3.28. The van der Waals surface area contributed by atoms with Crippen LogP contribution < -0.4 is 15.9 Å². The van der Waals surface area contributed by atoms with Crippen LogP contribution in [0.15, 0.2) is 42.5 Å². The van der Waals surface area contributed by atoms with Crippen molar-refractivity contribution >= 4 is 33.6 Å². The maximum Gasteiger partial charge on any atom is 0.271 e. The molecule has 31 heavy (non-hydrogen) atoms. The van der Waals surface area contributed by atoms with Gasteiger partial charge in [-0.25, -0.2) is 4.39 Å². The number of para-hydroxylation sites is 1. The van der Waals surface area contributed by atoms with E-state index in [1.54, 1.807) is 18.2 Å². The van der Waals surface area contributed by atoms with Crippen molar-refractivity contribution in [2.75, 3.05) is 13.2 Å². The second-order valence-corrected chi connectivity index (χ2v) is 7.47. The summed E-state index contributed by atoms with van der Waals surface area (Å²) in [6, 6.07) is 12.2. The van der Waals surface area contributed by atoms with Crippen molar-refractivity contribution in [2.45, 2.75) is 20.3 Å². The first-order valence-electron chi connectivity index (χ1n) is 9.93. The first kappa shape index (κ1) is 20.5. The molecule has 0 fully saturated rings. The number of carbonyl (C=O) groups is 2. The molecular formula is C23H23FN4O3. The first-order chi connectivity index (χ1) is 14.9. The molecule has 2 aromatic heterocycles. The van der Waals surface area contributed by atoms with Gasteiger partial charge >= 0.3 is 0 Å². The van der Waals surface area contributed by atoms with Gasteiger partial charge < -0.3 is 20.9 Å². The maximum atomic E-state index is 14.2. The van der Waals surface area contributed by atoms with Gasteiger partial charge in [0.15, 0.2) is 6.61 Å². The van der Waals surface area contributed by atoms with Crippen LogP contribution in [0.25, 0.3) is 21.8 Å². The van der Waals surface area contributed by atoms with Crippen molar-refractivity contribution in [1.29, 1.82) is 0 Å². The third-order valence-corrected chi connectivity index (χ3v) is 5.33. The summed E-state index contributed by atoms with van der Waals surface area (Å²) >= 11 is 0. The normalized spacial score (nSPS) is 11.2. The molecule has 0 spiro atoms. The highest BCUT2D eigenvalue weighted by Crippen LogP contribution is 2.28. The number of benzene rings is 2. The zero-order chi connectivity index (χ0) is 22.1. The number of amides is 2. The summed E-state index contributed by atoms with van der Waals surface area (Å²) in [7, 11) is 0. The molecule has 2 heterocycles. The number of aryl methyl sites for hydroxylation is 2. The second-order valence-electron chi connectivity index (χ2n) is 7.47. The smallest absolute Gasteiger partial charge is 0.271 e. The van der Waals surface area contributed by atoms with Gasteiger partial charge in [-0.1, -0.05) is 24.3 Å². The van der Waals surface area contributed by atoms with E-state index in [4.69, 9.17) is 10.6 Å². The molecule has 0 saturated carbocycles. The summed E-state index contributed by atoms with van der Waals surface area (Å²) < 4.78 is 15.5. The predicted octanol–water partition coefficient (Wildman–Crippen LogP) is 2.76. The van der Waals surface area contributed by atoms with E-state index in [0.717, 1.165) is 27.6 Å². The predicted molar refractivity (Wildman–Crippen MR) is 116 cm³/mol. The van der Waals surface area contributed by atoms with Crippen molar-refractivity contribution in [3.05, 3.63) is 70.8 Å². The van der Waals surface area contributed by atoms with Crippen LogP contribution in [0.4, 0.5) is 4.39 Å². The summed E-state index contributed by atoms with van der Waals surface area (Å²) in [4.78, 5) is 32.6. The average molecular weight is 422 g/mol. The van der Waals surface area contributed by atoms with Crippen LogP contribution in [-0.4, -0.2) is 34.7 Å². The lowest BCUT2D eigenvalue weighted by molar-refractivity contribution is -0.122. The molecule has 0 aliphatic rings. The van der Waals surface area contributed by atoms with Crippen LogP contribution in [0.3, 0.4) is 0 Å². The molecule has 160 valence electrons. The third kappa shape index (κ3) is 3.84. The number of carbonyl (C=O) groups excluding carboxylic acids is 2. The zero-order valence-corrected chi connectivity index (χ0v) is 17.3. The molecule has 4 aromatic rings. The number of primary amides is 1. The van der Waals surface area contributed by atoms with Crippen LogP contribution in [0, 0.1) is 19.7 Å². The van der Waals surface area contributed by atoms with Gasteiger partial charge in [0, 0.05) is 23.0 Å². The molecule has 0 aliphatic heterocycles. The molecule has 0 saturated heterocycles. The fourth-order valence-electron chi connectivity index (χ4n) is 3.90. The summed E-state index contributed by atoms with van der Waals surface area (Å²) in [5.41, 5.74) is 9.41. The Labute approximate surface area is 177 Å². The van der Waals surface area contributed by atoms with Gasteiger partial charge in [0.25, 0.3) is 11.8 Å². The van der Waals surface area contributed by atoms with Gasteiger partial charge in [-0.15, -0.1) is 0 Å². The number of hydrogen-bond donors (Lipinski definition) is 3. The highest BCUT2D eigenvalue weighted by molar-refractivity contribution is 5.98. The van der Waals surface area contributed by atoms with Crippen LogP contribution in [0.2, 0.25) is 0 Å². The van der Waals surface area contributed by atoms with Crippen molar-refractivity contribution in [2.24, 2.45) is 5.73 Å². The lowest BCUT2D eigenvalue weighted by Crippen LogP contribution is -2.32. The lowest BCUT2D eigenvalue weighted by Gasteiger charge is -2.11. The van der Waals surface area contributed by atoms with Crippen LogP contribution in [0.1, 0.15) is 27.3 Å². The Morgan fingerprint density at radius 3 is 2.74 bits per heavy atom. The van der Waals surface area contributed by atoms with E-state index in [-0.39, 0.29) is 24.0 Å². The highest BCUT2D eigenvalue weighted by atomic mass is 19.1. The Balaban J connectivity index is 1.55. The van der Waals surface area contributed by atoms with E-state index in [0.29, 0.717) is 24.0 Å². The Kier molecular flexibility index (Phi) is 5.37. The van der Waals surface area contributed by atoms with E-state index in [9.17, 15) is 14.0 Å². The number of aromatic amines is 1. The molecule has 0 aliphatic carbocycles. The molecule has 0 atom stereocenters. The number of fused-ring (bicyclic) bond motifs is 2. The van der Waals surface area contributed by atoms with Gasteiger partial charge in [0.1, 0.15) is 11.5 Å². The number of nitrogens with two attached hydrogens (primary N) is 1. The molecule has 4 N–H and O–H groups in total. The highest BCUT2D eigenvalue weighted by Gasteiger charge is 2.18. The van der Waals surface area contributed by atoms with Gasteiger partial charge in [0.05, 0.1) is 11.0 Å². The quantitative estimate of drug-likeness (QED) is 0.427. The van der Waals surface area contributed by atoms with Crippen molar-refractivity contribution in [1.82, 2.24) is 15.0 Å². The van der Waals surface area contributed by atoms with Crippen LogP contribution in [-0.2, 0) is 11.2 Å². The Morgan fingerprint density at radius 2 is 1.97 bits per heavy atom. The van der Waals surface area contributed by atoms with Gasteiger partial charge in [0.2, 0.25) is 0 Å². The minimum Gasteiger partial charge on any atom is -0.403 e. The topological polar surface area (TPSA) is 102 Å². The van der Waals surface area contributed by atoms with Crippen LogP contribution >= 0.6 is 0 Å². The SMILES string of the molecule is Cc1[nH]c2c(F)ccc(C)c2c1CCNC(=O)c1cc2ccccc2n1OCC(N)=O. The molecule has 0 bridgehead atoms. The molecule has 7 nitrogen and oxygen atoms in total.